The van der Waals surface area contributed by atoms with E-state index in [0.29, 0.717) is 0 Å². The van der Waals surface area contributed by atoms with Crippen LogP contribution in [0.1, 0.15) is 0 Å². The number of nitrogens with zero attached hydrogens (tertiary/aromatic N) is 2. The molecule has 0 radical (unpaired) electrons. The quantitative estimate of drug-likeness (QED) is 0.296. The van der Waals surface area contributed by atoms with Crippen LogP contribution in [-0.2, 0) is 10.1 Å². The van der Waals surface area contributed by atoms with Crippen molar-refractivity contribution in [2.24, 2.45) is 0 Å². The molecule has 0 aliphatic rings. The molecule has 1 aromatic carbocycles. The molecule has 0 N–H and O–H groups in total. The van der Waals surface area contributed by atoms with Crippen LogP contribution in [0.4, 0.5) is 23.0 Å². The van der Waals surface area contributed by atoms with Crippen LogP contribution in [0.25, 0.3) is 4.98 Å². The third kappa shape index (κ3) is 9.01. The van der Waals surface area contributed by atoms with Crippen molar-refractivity contribution >= 4 is 23.1 Å². The molecule has 0 saturated carbocycles. The van der Waals surface area contributed by atoms with E-state index in [0.717, 1.165) is 6.07 Å². The SMILES string of the molecule is F[B-](F)(F)F.N#[N+]c1ccccc1S(=O)(=O)[O-].[Li+]. The summed E-state index contributed by atoms with van der Waals surface area (Å²) in [6.45, 7) is 0. The van der Waals surface area contributed by atoms with Crippen molar-refractivity contribution in [3.8, 4) is 0 Å². The van der Waals surface area contributed by atoms with Crippen molar-refractivity contribution in [2.45, 2.75) is 4.90 Å². The Bertz CT molecular complexity index is 524. The van der Waals surface area contributed by atoms with E-state index < -0.39 is 22.3 Å². The van der Waals surface area contributed by atoms with Crippen LogP contribution in [0.3, 0.4) is 0 Å². The molecule has 0 heterocycles. The maximum absolute atomic E-state index is 10.5. The van der Waals surface area contributed by atoms with Gasteiger partial charge in [0.2, 0.25) is 5.39 Å². The summed E-state index contributed by atoms with van der Waals surface area (Å²) in [6.07, 6.45) is 0. The second-order valence-corrected chi connectivity index (χ2v) is 3.86. The number of hydrogen-bond donors (Lipinski definition) is 0. The minimum absolute atomic E-state index is 0. The molecule has 12 heteroatoms. The number of diazo groups is 1. The Morgan fingerprint density at radius 3 is 1.83 bits per heavy atom. The first-order valence-electron chi connectivity index (χ1n) is 3.83. The Morgan fingerprint density at radius 2 is 1.56 bits per heavy atom. The maximum atomic E-state index is 10.5. The summed E-state index contributed by atoms with van der Waals surface area (Å²) < 4.78 is 70.5. The van der Waals surface area contributed by atoms with Crippen molar-refractivity contribution in [1.29, 1.82) is 5.39 Å². The molecule has 0 atom stereocenters. The molecule has 0 amide bonds. The first-order chi connectivity index (χ1) is 7.55. The van der Waals surface area contributed by atoms with Crippen LogP contribution in [0.2, 0.25) is 0 Å². The number of halogens is 4. The Labute approximate surface area is 112 Å². The van der Waals surface area contributed by atoms with Crippen molar-refractivity contribution in [3.05, 3.63) is 29.2 Å². The van der Waals surface area contributed by atoms with Gasteiger partial charge >= 0.3 is 31.8 Å². The Kier molecular flexibility index (Phi) is 7.91. The maximum Gasteiger partial charge on any atom is 1.00 e. The van der Waals surface area contributed by atoms with E-state index in [1.807, 2.05) is 0 Å². The fraction of sp³-hybridized carbons (Fsp3) is 0. The molecular formula is C6H4BF4LiN2O3S. The van der Waals surface area contributed by atoms with E-state index in [-0.39, 0.29) is 24.5 Å². The summed E-state index contributed by atoms with van der Waals surface area (Å²) >= 11 is 0. The van der Waals surface area contributed by atoms with Gasteiger partial charge in [-0.05, 0) is 6.07 Å². The Morgan fingerprint density at radius 1 is 1.17 bits per heavy atom. The van der Waals surface area contributed by atoms with E-state index in [4.69, 9.17) is 5.39 Å². The average Bonchev–Trinajstić information content (AvgIpc) is 2.14. The van der Waals surface area contributed by atoms with Gasteiger partial charge in [0, 0.05) is 6.07 Å². The molecule has 0 saturated heterocycles. The van der Waals surface area contributed by atoms with Gasteiger partial charge in [-0.15, -0.1) is 0 Å². The largest absolute Gasteiger partial charge is 1.00 e. The first kappa shape index (κ1) is 19.3. The summed E-state index contributed by atoms with van der Waals surface area (Å²) in [6, 6.07) is 5.14. The van der Waals surface area contributed by atoms with Crippen LogP contribution in [0, 0.1) is 5.39 Å². The van der Waals surface area contributed by atoms with Crippen molar-refractivity contribution in [1.82, 2.24) is 0 Å². The fourth-order valence-corrected chi connectivity index (χ4v) is 1.36. The molecule has 94 valence electrons. The third-order valence-corrected chi connectivity index (χ3v) is 2.13. The molecular weight excluding hydrogens is 274 g/mol. The zero-order chi connectivity index (χ0) is 13.7. The fourth-order valence-electron chi connectivity index (χ4n) is 0.751. The molecule has 18 heavy (non-hydrogen) atoms. The zero-order valence-corrected chi connectivity index (χ0v) is 9.74. The predicted octanol–water partition coefficient (Wildman–Crippen LogP) is -0.621. The molecule has 0 fully saturated rings. The monoisotopic (exact) mass is 278 g/mol. The molecule has 1 aromatic rings. The molecule has 0 unspecified atom stereocenters. The zero-order valence-electron chi connectivity index (χ0n) is 8.93. The van der Waals surface area contributed by atoms with Gasteiger partial charge in [0.15, 0.2) is 4.98 Å². The first-order valence-corrected chi connectivity index (χ1v) is 5.24. The van der Waals surface area contributed by atoms with Gasteiger partial charge in [0.25, 0.3) is 0 Å². The number of rotatable bonds is 1. The second kappa shape index (κ2) is 7.39. The van der Waals surface area contributed by atoms with Gasteiger partial charge < -0.3 is 21.8 Å². The molecule has 1 rings (SSSR count). The van der Waals surface area contributed by atoms with Crippen LogP contribution >= 0.6 is 0 Å². The van der Waals surface area contributed by atoms with E-state index in [1.165, 1.54) is 18.2 Å². The van der Waals surface area contributed by atoms with E-state index in [2.05, 4.69) is 4.98 Å². The van der Waals surface area contributed by atoms with Crippen LogP contribution < -0.4 is 18.9 Å². The van der Waals surface area contributed by atoms with Gasteiger partial charge in [0.1, 0.15) is 15.0 Å². The second-order valence-electron chi connectivity index (χ2n) is 2.52. The minimum atomic E-state index is -6.00. The van der Waals surface area contributed by atoms with Crippen LogP contribution in [-0.4, -0.2) is 20.2 Å². The smallest absolute Gasteiger partial charge is 0.744 e. The van der Waals surface area contributed by atoms with Gasteiger partial charge in [-0.3, -0.25) is 0 Å². The minimum Gasteiger partial charge on any atom is -0.744 e. The Balaban J connectivity index is 0. The van der Waals surface area contributed by atoms with Crippen LogP contribution in [0.15, 0.2) is 29.2 Å². The standard InChI is InChI=1S/C6H4N2O3S.BF4.Li/c7-8-5-3-1-2-4-6(5)12(9,10)11;2-1(3,4)5;/h1-4H;;/q;-1;+1. The van der Waals surface area contributed by atoms with Crippen LogP contribution in [0.5, 0.6) is 0 Å². The van der Waals surface area contributed by atoms with Crippen molar-refractivity contribution in [2.75, 3.05) is 0 Å². The molecule has 0 aliphatic carbocycles. The molecule has 0 aromatic heterocycles. The van der Waals surface area contributed by atoms with E-state index >= 15 is 0 Å². The normalized spacial score (nSPS) is 10.4. The van der Waals surface area contributed by atoms with Crippen molar-refractivity contribution in [3.63, 3.8) is 0 Å². The molecule has 0 aliphatic heterocycles. The molecule has 0 bridgehead atoms. The summed E-state index contributed by atoms with van der Waals surface area (Å²) in [4.78, 5) is 2.14. The van der Waals surface area contributed by atoms with Gasteiger partial charge in [0.05, 0.1) is 0 Å². The summed E-state index contributed by atoms with van der Waals surface area (Å²) in [7, 11) is -10.5. The van der Waals surface area contributed by atoms with Gasteiger partial charge in [-0.2, -0.15) is 0 Å². The number of benzene rings is 1. The van der Waals surface area contributed by atoms with E-state index in [1.54, 1.807) is 0 Å². The van der Waals surface area contributed by atoms with Gasteiger partial charge in [-0.25, -0.2) is 8.42 Å². The Hall–Kier alpha value is -1.07. The van der Waals surface area contributed by atoms with E-state index in [9.17, 15) is 30.2 Å². The average molecular weight is 278 g/mol. The topological polar surface area (TPSA) is 85.3 Å². The predicted molar refractivity (Wildman–Crippen MR) is 49.3 cm³/mol. The summed E-state index contributed by atoms with van der Waals surface area (Å²) in [5, 5.41) is 8.30. The van der Waals surface area contributed by atoms with Gasteiger partial charge in [-0.1, -0.05) is 12.1 Å². The van der Waals surface area contributed by atoms with Crippen molar-refractivity contribution < 1.29 is 49.1 Å². The summed E-state index contributed by atoms with van der Waals surface area (Å²) in [5.74, 6) is 0. The summed E-state index contributed by atoms with van der Waals surface area (Å²) in [5.41, 5.74) is -0.243. The molecule has 5 nitrogen and oxygen atoms in total. The number of hydrogen-bond acceptors (Lipinski definition) is 4. The molecule has 0 spiro atoms. The third-order valence-electron chi connectivity index (χ3n) is 1.24.